The molecule has 0 amide bonds. The molecule has 5 nitrogen and oxygen atoms in total. The van der Waals surface area contributed by atoms with Crippen LogP contribution in [0.4, 0.5) is 0 Å². The van der Waals surface area contributed by atoms with Gasteiger partial charge in [-0.25, -0.2) is 0 Å². The number of likely N-dealkylation sites (tertiary alicyclic amines) is 1. The molecule has 1 heterocycles. The van der Waals surface area contributed by atoms with E-state index in [0.29, 0.717) is 28.4 Å². The van der Waals surface area contributed by atoms with Gasteiger partial charge in [-0.1, -0.05) is 23.2 Å². The van der Waals surface area contributed by atoms with Crippen LogP contribution in [0.2, 0.25) is 10.0 Å². The summed E-state index contributed by atoms with van der Waals surface area (Å²) in [6.45, 7) is 3.36. The van der Waals surface area contributed by atoms with Gasteiger partial charge >= 0.3 is 5.97 Å². The van der Waals surface area contributed by atoms with Crippen molar-refractivity contribution in [2.24, 2.45) is 0 Å². The van der Waals surface area contributed by atoms with Gasteiger partial charge in [0.15, 0.2) is 0 Å². The van der Waals surface area contributed by atoms with Crippen molar-refractivity contribution in [2.75, 3.05) is 39.8 Å². The van der Waals surface area contributed by atoms with Crippen molar-refractivity contribution in [3.8, 4) is 5.75 Å². The van der Waals surface area contributed by atoms with Crippen LogP contribution in [0.1, 0.15) is 12.8 Å². The second kappa shape index (κ2) is 10.3. The van der Waals surface area contributed by atoms with Gasteiger partial charge in [0.1, 0.15) is 12.4 Å². The predicted molar refractivity (Wildman–Crippen MR) is 98.9 cm³/mol. The molecule has 0 atom stereocenters. The van der Waals surface area contributed by atoms with E-state index in [-0.39, 0.29) is 19.0 Å². The third-order valence-electron chi connectivity index (χ3n) is 4.12. The normalized spacial score (nSPS) is 16.0. The van der Waals surface area contributed by atoms with Crippen LogP contribution in [-0.2, 0) is 4.79 Å². The number of hydrogen-bond acceptors (Lipinski definition) is 4. The molecule has 136 valence electrons. The number of halogens is 3. The lowest BCUT2D eigenvalue weighted by Gasteiger charge is -2.36. The van der Waals surface area contributed by atoms with E-state index in [1.807, 2.05) is 11.9 Å². The van der Waals surface area contributed by atoms with Crippen molar-refractivity contribution in [3.63, 3.8) is 0 Å². The molecule has 1 N–H and O–H groups in total. The van der Waals surface area contributed by atoms with Crippen LogP contribution in [0.5, 0.6) is 5.75 Å². The molecule has 0 radical (unpaired) electrons. The second-order valence-electron chi connectivity index (χ2n) is 5.80. The van der Waals surface area contributed by atoms with Crippen molar-refractivity contribution in [3.05, 3.63) is 28.2 Å². The molecule has 0 aliphatic carbocycles. The molecule has 0 unspecified atom stereocenters. The topological polar surface area (TPSA) is 53.0 Å². The van der Waals surface area contributed by atoms with Gasteiger partial charge in [0.25, 0.3) is 0 Å². The molecule has 1 aromatic carbocycles. The monoisotopic (exact) mass is 396 g/mol. The number of hydrogen-bond donors (Lipinski definition) is 1. The first-order valence-corrected chi connectivity index (χ1v) is 8.43. The minimum absolute atomic E-state index is 0. The Kier molecular flexibility index (Phi) is 9.16. The van der Waals surface area contributed by atoms with Gasteiger partial charge in [0.05, 0.1) is 11.6 Å². The highest BCUT2D eigenvalue weighted by molar-refractivity contribution is 6.34. The van der Waals surface area contributed by atoms with E-state index in [4.69, 9.17) is 33.0 Å². The summed E-state index contributed by atoms with van der Waals surface area (Å²) in [5.41, 5.74) is 0. The molecule has 1 fully saturated rings. The number of ether oxygens (including phenoxy) is 1. The maximum Gasteiger partial charge on any atom is 0.317 e. The summed E-state index contributed by atoms with van der Waals surface area (Å²) in [6.07, 6.45) is 1.95. The summed E-state index contributed by atoms with van der Waals surface area (Å²) < 4.78 is 5.70. The summed E-state index contributed by atoms with van der Waals surface area (Å²) in [7, 11) is 1.87. The number of benzene rings is 1. The molecular weight excluding hydrogens is 375 g/mol. The molecule has 1 saturated heterocycles. The van der Waals surface area contributed by atoms with Crippen LogP contribution in [-0.4, -0.2) is 66.8 Å². The Morgan fingerprint density at radius 1 is 1.38 bits per heavy atom. The molecule has 0 spiro atoms. The minimum Gasteiger partial charge on any atom is -0.491 e. The maximum atomic E-state index is 10.8. The van der Waals surface area contributed by atoms with Crippen molar-refractivity contribution in [1.82, 2.24) is 9.80 Å². The van der Waals surface area contributed by atoms with Crippen molar-refractivity contribution >= 4 is 41.6 Å². The van der Waals surface area contributed by atoms with Crippen molar-refractivity contribution in [1.29, 1.82) is 0 Å². The van der Waals surface area contributed by atoms with Gasteiger partial charge in [-0.05, 0) is 45.1 Å². The third-order valence-corrected chi connectivity index (χ3v) is 4.67. The lowest BCUT2D eigenvalue weighted by molar-refractivity contribution is -0.138. The SMILES string of the molecule is CN(CC(=O)O)C1CCN(CCOc2cc(Cl)ccc2Cl)CC1.Cl. The maximum absolute atomic E-state index is 10.8. The summed E-state index contributed by atoms with van der Waals surface area (Å²) in [5, 5.41) is 10.0. The summed E-state index contributed by atoms with van der Waals surface area (Å²) in [6, 6.07) is 5.51. The molecule has 0 aromatic heterocycles. The number of nitrogens with zero attached hydrogens (tertiary/aromatic N) is 2. The van der Waals surface area contributed by atoms with Crippen LogP contribution < -0.4 is 4.74 Å². The molecule has 0 saturated carbocycles. The van der Waals surface area contributed by atoms with Crippen molar-refractivity contribution in [2.45, 2.75) is 18.9 Å². The standard InChI is InChI=1S/C16H22Cl2N2O3.ClH/c1-19(11-16(21)22)13-4-6-20(7-5-13)8-9-23-15-10-12(17)2-3-14(15)18;/h2-3,10,13H,4-9,11H2,1H3,(H,21,22);1H. The van der Waals surface area contributed by atoms with Gasteiger partial charge in [0.2, 0.25) is 0 Å². The van der Waals surface area contributed by atoms with Crippen LogP contribution >= 0.6 is 35.6 Å². The second-order valence-corrected chi connectivity index (χ2v) is 6.65. The van der Waals surface area contributed by atoms with E-state index in [1.54, 1.807) is 18.2 Å². The Labute approximate surface area is 158 Å². The smallest absolute Gasteiger partial charge is 0.317 e. The third kappa shape index (κ3) is 6.65. The summed E-state index contributed by atoms with van der Waals surface area (Å²) in [4.78, 5) is 15.0. The largest absolute Gasteiger partial charge is 0.491 e. The van der Waals surface area contributed by atoms with Crippen LogP contribution in [0.15, 0.2) is 18.2 Å². The molecule has 24 heavy (non-hydrogen) atoms. The zero-order chi connectivity index (χ0) is 16.8. The Morgan fingerprint density at radius 2 is 2.04 bits per heavy atom. The number of carboxylic acids is 1. The van der Waals surface area contributed by atoms with E-state index < -0.39 is 5.97 Å². The Hall–Kier alpha value is -0.720. The number of likely N-dealkylation sites (N-methyl/N-ethyl adjacent to an activating group) is 1. The highest BCUT2D eigenvalue weighted by Crippen LogP contribution is 2.27. The first kappa shape index (κ1) is 21.3. The van der Waals surface area contributed by atoms with Gasteiger partial charge < -0.3 is 9.84 Å². The minimum atomic E-state index is -0.776. The zero-order valence-electron chi connectivity index (χ0n) is 13.6. The fraction of sp³-hybridized carbons (Fsp3) is 0.562. The molecule has 2 rings (SSSR count). The van der Waals surface area contributed by atoms with Crippen LogP contribution in [0.25, 0.3) is 0 Å². The lowest BCUT2D eigenvalue weighted by Crippen LogP contribution is -2.45. The highest BCUT2D eigenvalue weighted by Gasteiger charge is 2.23. The van der Waals surface area contributed by atoms with Crippen LogP contribution in [0, 0.1) is 0 Å². The van der Waals surface area contributed by atoms with E-state index >= 15 is 0 Å². The van der Waals surface area contributed by atoms with E-state index in [9.17, 15) is 4.79 Å². The van der Waals surface area contributed by atoms with Gasteiger partial charge in [0, 0.05) is 23.7 Å². The van der Waals surface area contributed by atoms with Crippen LogP contribution in [0.3, 0.4) is 0 Å². The Balaban J connectivity index is 0.00000288. The van der Waals surface area contributed by atoms with Gasteiger partial charge in [-0.2, -0.15) is 0 Å². The zero-order valence-corrected chi connectivity index (χ0v) is 15.9. The first-order chi connectivity index (χ1) is 11.0. The van der Waals surface area contributed by atoms with E-state index in [0.717, 1.165) is 32.5 Å². The summed E-state index contributed by atoms with van der Waals surface area (Å²) >= 11 is 12.0. The van der Waals surface area contributed by atoms with Gasteiger partial charge in [-0.3, -0.25) is 14.6 Å². The molecule has 1 aliphatic heterocycles. The highest BCUT2D eigenvalue weighted by atomic mass is 35.5. The fourth-order valence-corrected chi connectivity index (χ4v) is 3.13. The first-order valence-electron chi connectivity index (χ1n) is 7.68. The summed E-state index contributed by atoms with van der Waals surface area (Å²) in [5.74, 6) is -0.169. The molecular formula is C16H23Cl3N2O3. The van der Waals surface area contributed by atoms with E-state index in [1.165, 1.54) is 0 Å². The predicted octanol–water partition coefficient (Wildman–Crippen LogP) is 3.27. The Bertz CT molecular complexity index is 537. The molecule has 0 bridgehead atoms. The average molecular weight is 398 g/mol. The number of carboxylic acid groups (broad SMARTS) is 1. The number of aliphatic carboxylic acids is 1. The number of piperidine rings is 1. The average Bonchev–Trinajstić information content (AvgIpc) is 2.50. The van der Waals surface area contributed by atoms with Crippen molar-refractivity contribution < 1.29 is 14.6 Å². The quantitative estimate of drug-likeness (QED) is 0.765. The molecule has 1 aliphatic rings. The fourth-order valence-electron chi connectivity index (χ4n) is 2.80. The van der Waals surface area contributed by atoms with E-state index in [2.05, 4.69) is 4.90 Å². The molecule has 8 heteroatoms. The Morgan fingerprint density at radius 3 is 2.67 bits per heavy atom. The number of carbonyl (C=O) groups is 1. The van der Waals surface area contributed by atoms with Gasteiger partial charge in [-0.15, -0.1) is 12.4 Å². The molecule has 1 aromatic rings. The lowest BCUT2D eigenvalue weighted by atomic mass is 10.0. The number of rotatable bonds is 7.